The van der Waals surface area contributed by atoms with E-state index in [4.69, 9.17) is 5.11 Å². The van der Waals surface area contributed by atoms with Crippen LogP contribution >= 0.6 is 0 Å². The molecule has 80 valence electrons. The molecule has 0 aromatic heterocycles. The molecule has 3 heteroatoms. The van der Waals surface area contributed by atoms with Crippen molar-refractivity contribution in [2.75, 3.05) is 6.61 Å². The molecule has 0 unspecified atom stereocenters. The molecule has 14 heavy (non-hydrogen) atoms. The highest BCUT2D eigenvalue weighted by Crippen LogP contribution is 2.44. The van der Waals surface area contributed by atoms with Gasteiger partial charge in [-0.25, -0.2) is 0 Å². The summed E-state index contributed by atoms with van der Waals surface area (Å²) in [6.45, 7) is 0.116. The molecule has 3 nitrogen and oxygen atoms in total. The number of aliphatic hydroxyl groups is 1. The van der Waals surface area contributed by atoms with E-state index in [1.54, 1.807) is 0 Å². The molecule has 2 rings (SSSR count). The molecule has 0 spiro atoms. The lowest BCUT2D eigenvalue weighted by molar-refractivity contribution is -0.122. The average Bonchev–Trinajstić information content (AvgIpc) is 3.04. The molecular formula is C11H19NO2. The van der Waals surface area contributed by atoms with E-state index in [1.165, 1.54) is 25.7 Å². The number of nitrogens with one attached hydrogen (secondary N) is 1. The Bertz CT molecular complexity index is 197. The van der Waals surface area contributed by atoms with E-state index >= 15 is 0 Å². The fraction of sp³-hybridized carbons (Fsp3) is 0.909. The third kappa shape index (κ3) is 2.71. The molecule has 0 radical (unpaired) electrons. The van der Waals surface area contributed by atoms with Gasteiger partial charge in [0.2, 0.25) is 5.91 Å². The molecule has 2 N–H and O–H groups in total. The minimum Gasteiger partial charge on any atom is -0.396 e. The van der Waals surface area contributed by atoms with E-state index in [0.717, 1.165) is 11.8 Å². The second-order valence-electron chi connectivity index (χ2n) is 4.60. The Kier molecular flexibility index (Phi) is 3.06. The summed E-state index contributed by atoms with van der Waals surface area (Å²) in [6, 6.07) is 0.459. The minimum absolute atomic E-state index is 0.116. The molecule has 0 aliphatic heterocycles. The van der Waals surface area contributed by atoms with Crippen molar-refractivity contribution in [1.29, 1.82) is 0 Å². The summed E-state index contributed by atoms with van der Waals surface area (Å²) in [7, 11) is 0. The predicted octanol–water partition coefficient (Wildman–Crippen LogP) is 1.06. The van der Waals surface area contributed by atoms with Gasteiger partial charge in [-0.15, -0.1) is 0 Å². The van der Waals surface area contributed by atoms with Gasteiger partial charge < -0.3 is 10.4 Å². The van der Waals surface area contributed by atoms with Crippen LogP contribution in [0.5, 0.6) is 0 Å². The van der Waals surface area contributed by atoms with Crippen molar-refractivity contribution in [2.45, 2.75) is 44.6 Å². The first-order chi connectivity index (χ1) is 6.81. The Hall–Kier alpha value is -0.570. The first-order valence-corrected chi connectivity index (χ1v) is 5.71. The fourth-order valence-corrected chi connectivity index (χ4v) is 2.03. The zero-order valence-corrected chi connectivity index (χ0v) is 8.54. The molecule has 2 aliphatic carbocycles. The number of hydrogen-bond donors (Lipinski definition) is 2. The van der Waals surface area contributed by atoms with Gasteiger partial charge in [0.1, 0.15) is 0 Å². The minimum atomic E-state index is 0.116. The number of amides is 1. The van der Waals surface area contributed by atoms with Crippen molar-refractivity contribution in [3.8, 4) is 0 Å². The van der Waals surface area contributed by atoms with Crippen LogP contribution in [0.4, 0.5) is 0 Å². The Labute approximate surface area is 84.9 Å². The molecule has 2 aliphatic rings. The third-order valence-electron chi connectivity index (χ3n) is 3.15. The van der Waals surface area contributed by atoms with Crippen LogP contribution < -0.4 is 5.32 Å². The Morgan fingerprint density at radius 1 is 1.29 bits per heavy atom. The third-order valence-corrected chi connectivity index (χ3v) is 3.15. The molecule has 2 saturated carbocycles. The normalized spacial score (nSPS) is 21.3. The van der Waals surface area contributed by atoms with Crippen molar-refractivity contribution in [3.63, 3.8) is 0 Å². The van der Waals surface area contributed by atoms with Crippen LogP contribution in [0, 0.1) is 11.8 Å². The fourth-order valence-electron chi connectivity index (χ4n) is 2.03. The van der Waals surface area contributed by atoms with Crippen molar-refractivity contribution >= 4 is 5.91 Å². The highest BCUT2D eigenvalue weighted by atomic mass is 16.3. The molecule has 0 atom stereocenters. The summed E-state index contributed by atoms with van der Waals surface area (Å²) in [5.74, 6) is 1.66. The molecule has 0 aromatic rings. The van der Waals surface area contributed by atoms with Crippen molar-refractivity contribution in [2.24, 2.45) is 11.8 Å². The summed E-state index contributed by atoms with van der Waals surface area (Å²) < 4.78 is 0. The van der Waals surface area contributed by atoms with Gasteiger partial charge in [-0.05, 0) is 43.9 Å². The SMILES string of the molecule is O=C(CCCO)NC(C1CC1)C1CC1. The smallest absolute Gasteiger partial charge is 0.220 e. The van der Waals surface area contributed by atoms with Gasteiger partial charge >= 0.3 is 0 Å². The maximum absolute atomic E-state index is 11.5. The van der Waals surface area contributed by atoms with Gasteiger partial charge in [0, 0.05) is 19.1 Å². The first-order valence-electron chi connectivity index (χ1n) is 5.71. The van der Waals surface area contributed by atoms with Crippen LogP contribution in [0.15, 0.2) is 0 Å². The highest BCUT2D eigenvalue weighted by Gasteiger charge is 2.41. The number of aliphatic hydroxyl groups excluding tert-OH is 1. The Morgan fingerprint density at radius 2 is 1.86 bits per heavy atom. The second-order valence-corrected chi connectivity index (χ2v) is 4.60. The summed E-state index contributed by atoms with van der Waals surface area (Å²) in [6.07, 6.45) is 6.24. The predicted molar refractivity (Wildman–Crippen MR) is 53.7 cm³/mol. The summed E-state index contributed by atoms with van der Waals surface area (Å²) in [4.78, 5) is 11.5. The molecule has 1 amide bonds. The van der Waals surface area contributed by atoms with E-state index in [1.807, 2.05) is 0 Å². The van der Waals surface area contributed by atoms with Crippen LogP contribution in [0.1, 0.15) is 38.5 Å². The molecule has 0 saturated heterocycles. The lowest BCUT2D eigenvalue weighted by atomic mass is 10.1. The van der Waals surface area contributed by atoms with Crippen molar-refractivity contribution in [3.05, 3.63) is 0 Å². The topological polar surface area (TPSA) is 49.3 Å². The van der Waals surface area contributed by atoms with Crippen molar-refractivity contribution in [1.82, 2.24) is 5.32 Å². The quantitative estimate of drug-likeness (QED) is 0.669. The van der Waals surface area contributed by atoms with Gasteiger partial charge in [-0.2, -0.15) is 0 Å². The van der Waals surface area contributed by atoms with Crippen LogP contribution in [0.25, 0.3) is 0 Å². The van der Waals surface area contributed by atoms with Gasteiger partial charge in [0.15, 0.2) is 0 Å². The van der Waals surface area contributed by atoms with E-state index < -0.39 is 0 Å². The van der Waals surface area contributed by atoms with E-state index in [2.05, 4.69) is 5.32 Å². The molecule has 0 heterocycles. The van der Waals surface area contributed by atoms with Crippen LogP contribution in [0.3, 0.4) is 0 Å². The molecule has 2 fully saturated rings. The summed E-state index contributed by atoms with van der Waals surface area (Å²) in [5, 5.41) is 11.7. The Morgan fingerprint density at radius 3 is 2.29 bits per heavy atom. The number of carbonyl (C=O) groups excluding carboxylic acids is 1. The van der Waals surface area contributed by atoms with Crippen LogP contribution in [-0.2, 0) is 4.79 Å². The lowest BCUT2D eigenvalue weighted by Crippen LogP contribution is -2.38. The standard InChI is InChI=1S/C11H19NO2/c13-7-1-2-10(14)12-11(8-3-4-8)9-5-6-9/h8-9,11,13H,1-7H2,(H,12,14). The maximum Gasteiger partial charge on any atom is 0.220 e. The van der Waals surface area contributed by atoms with Crippen molar-refractivity contribution < 1.29 is 9.90 Å². The number of hydrogen-bond acceptors (Lipinski definition) is 2. The maximum atomic E-state index is 11.5. The zero-order chi connectivity index (χ0) is 9.97. The van der Waals surface area contributed by atoms with Gasteiger partial charge in [-0.3, -0.25) is 4.79 Å². The molecule has 0 bridgehead atoms. The van der Waals surface area contributed by atoms with Gasteiger partial charge in [-0.1, -0.05) is 0 Å². The average molecular weight is 197 g/mol. The number of carbonyl (C=O) groups is 1. The molecular weight excluding hydrogens is 178 g/mol. The van der Waals surface area contributed by atoms with E-state index in [-0.39, 0.29) is 12.5 Å². The highest BCUT2D eigenvalue weighted by molar-refractivity contribution is 5.76. The summed E-state index contributed by atoms with van der Waals surface area (Å²) >= 11 is 0. The monoisotopic (exact) mass is 197 g/mol. The van der Waals surface area contributed by atoms with Gasteiger partial charge in [0.25, 0.3) is 0 Å². The van der Waals surface area contributed by atoms with Crippen LogP contribution in [-0.4, -0.2) is 23.7 Å². The number of rotatable bonds is 6. The van der Waals surface area contributed by atoms with E-state index in [9.17, 15) is 4.79 Å². The summed E-state index contributed by atoms with van der Waals surface area (Å²) in [5.41, 5.74) is 0. The zero-order valence-electron chi connectivity index (χ0n) is 8.54. The van der Waals surface area contributed by atoms with Crippen LogP contribution in [0.2, 0.25) is 0 Å². The first kappa shape index (κ1) is 9.97. The largest absolute Gasteiger partial charge is 0.396 e. The molecule has 0 aromatic carbocycles. The van der Waals surface area contributed by atoms with E-state index in [0.29, 0.717) is 18.9 Å². The lowest BCUT2D eigenvalue weighted by Gasteiger charge is -2.17. The Balaban J connectivity index is 1.72. The van der Waals surface area contributed by atoms with Gasteiger partial charge in [0.05, 0.1) is 0 Å². The second kappa shape index (κ2) is 4.30.